The van der Waals surface area contributed by atoms with Gasteiger partial charge in [-0.05, 0) is 18.9 Å². The number of hydrogen-bond donors (Lipinski definition) is 1. The van der Waals surface area contributed by atoms with Crippen LogP contribution in [0.5, 0.6) is 0 Å². The standard InChI is InChI=1S/C14H19N3O3S/c1-20-14(19)10-3-6-17(7-4-10)13(18)9-21-12-2-5-16-8-11(12)15/h2,5,8,10H,3-4,6-7,9,15H2,1H3. The Morgan fingerprint density at radius 1 is 1.48 bits per heavy atom. The van der Waals surface area contributed by atoms with E-state index in [2.05, 4.69) is 4.98 Å². The van der Waals surface area contributed by atoms with Crippen molar-refractivity contribution in [3.05, 3.63) is 18.5 Å². The molecule has 0 saturated carbocycles. The van der Waals surface area contributed by atoms with E-state index in [-0.39, 0.29) is 17.8 Å². The lowest BCUT2D eigenvalue weighted by Gasteiger charge is -2.30. The van der Waals surface area contributed by atoms with Gasteiger partial charge < -0.3 is 15.4 Å². The van der Waals surface area contributed by atoms with Crippen molar-refractivity contribution < 1.29 is 14.3 Å². The highest BCUT2D eigenvalue weighted by Gasteiger charge is 2.27. The van der Waals surface area contributed by atoms with Gasteiger partial charge in [0.15, 0.2) is 0 Å². The molecular weight excluding hydrogens is 290 g/mol. The number of rotatable bonds is 4. The first-order valence-electron chi connectivity index (χ1n) is 6.79. The predicted octanol–water partition coefficient (Wildman–Crippen LogP) is 1.17. The molecule has 2 heterocycles. The quantitative estimate of drug-likeness (QED) is 0.664. The lowest BCUT2D eigenvalue weighted by atomic mass is 9.97. The Balaban J connectivity index is 1.80. The Labute approximate surface area is 128 Å². The van der Waals surface area contributed by atoms with Crippen LogP contribution < -0.4 is 5.73 Å². The molecular formula is C14H19N3O3S. The monoisotopic (exact) mass is 309 g/mol. The average Bonchev–Trinajstić information content (AvgIpc) is 2.53. The van der Waals surface area contributed by atoms with Crippen molar-refractivity contribution in [2.75, 3.05) is 31.7 Å². The molecule has 7 heteroatoms. The first kappa shape index (κ1) is 15.6. The largest absolute Gasteiger partial charge is 0.469 e. The topological polar surface area (TPSA) is 85.5 Å². The summed E-state index contributed by atoms with van der Waals surface area (Å²) in [5.41, 5.74) is 6.38. The summed E-state index contributed by atoms with van der Waals surface area (Å²) in [6, 6.07) is 1.80. The lowest BCUT2D eigenvalue weighted by molar-refractivity contribution is -0.148. The maximum Gasteiger partial charge on any atom is 0.308 e. The molecule has 1 aliphatic rings. The fourth-order valence-electron chi connectivity index (χ4n) is 2.29. The highest BCUT2D eigenvalue weighted by molar-refractivity contribution is 8.00. The number of thioether (sulfide) groups is 1. The van der Waals surface area contributed by atoms with Crippen LogP contribution in [0.15, 0.2) is 23.4 Å². The fourth-order valence-corrected chi connectivity index (χ4v) is 3.13. The number of nitrogens with zero attached hydrogens (tertiary/aromatic N) is 2. The minimum Gasteiger partial charge on any atom is -0.469 e. The number of piperidine rings is 1. The first-order valence-corrected chi connectivity index (χ1v) is 7.78. The maximum absolute atomic E-state index is 12.2. The Morgan fingerprint density at radius 3 is 2.81 bits per heavy atom. The van der Waals surface area contributed by atoms with Crippen molar-refractivity contribution in [3.63, 3.8) is 0 Å². The second kappa shape index (κ2) is 7.31. The van der Waals surface area contributed by atoms with Gasteiger partial charge in [-0.15, -0.1) is 11.8 Å². The minimum atomic E-state index is -0.180. The maximum atomic E-state index is 12.2. The number of hydrogen-bond acceptors (Lipinski definition) is 6. The fraction of sp³-hybridized carbons (Fsp3) is 0.500. The van der Waals surface area contributed by atoms with E-state index in [1.165, 1.54) is 18.9 Å². The van der Waals surface area contributed by atoms with Crippen LogP contribution in [0.2, 0.25) is 0 Å². The summed E-state index contributed by atoms with van der Waals surface area (Å²) < 4.78 is 4.74. The van der Waals surface area contributed by atoms with Crippen molar-refractivity contribution in [2.45, 2.75) is 17.7 Å². The molecule has 0 bridgehead atoms. The number of nitrogen functional groups attached to an aromatic ring is 1. The van der Waals surface area contributed by atoms with Gasteiger partial charge in [0.2, 0.25) is 5.91 Å². The number of pyridine rings is 1. The van der Waals surface area contributed by atoms with Crippen LogP contribution >= 0.6 is 11.8 Å². The number of methoxy groups -OCH3 is 1. The molecule has 1 aromatic heterocycles. The van der Waals surface area contributed by atoms with Crippen molar-refractivity contribution in [1.82, 2.24) is 9.88 Å². The number of carbonyl (C=O) groups is 2. The third kappa shape index (κ3) is 4.10. The number of carbonyl (C=O) groups excluding carboxylic acids is 2. The predicted molar refractivity (Wildman–Crippen MR) is 80.7 cm³/mol. The Kier molecular flexibility index (Phi) is 5.44. The Morgan fingerprint density at radius 2 is 2.19 bits per heavy atom. The van der Waals surface area contributed by atoms with E-state index >= 15 is 0 Å². The molecule has 2 rings (SSSR count). The van der Waals surface area contributed by atoms with E-state index < -0.39 is 0 Å². The van der Waals surface area contributed by atoms with E-state index in [0.29, 0.717) is 37.4 Å². The van der Waals surface area contributed by atoms with Crippen molar-refractivity contribution >= 4 is 29.3 Å². The van der Waals surface area contributed by atoms with Crippen LogP contribution in [0.3, 0.4) is 0 Å². The van der Waals surface area contributed by atoms with Crippen molar-refractivity contribution in [2.24, 2.45) is 5.92 Å². The lowest BCUT2D eigenvalue weighted by Crippen LogP contribution is -2.41. The third-order valence-corrected chi connectivity index (χ3v) is 4.62. The smallest absolute Gasteiger partial charge is 0.308 e. The van der Waals surface area contributed by atoms with Crippen LogP contribution in [0.25, 0.3) is 0 Å². The summed E-state index contributed by atoms with van der Waals surface area (Å²) in [6.45, 7) is 1.20. The van der Waals surface area contributed by atoms with E-state index in [0.717, 1.165) is 4.90 Å². The van der Waals surface area contributed by atoms with Gasteiger partial charge in [-0.1, -0.05) is 0 Å². The molecule has 1 saturated heterocycles. The van der Waals surface area contributed by atoms with Crippen molar-refractivity contribution in [3.8, 4) is 0 Å². The van der Waals surface area contributed by atoms with E-state index in [9.17, 15) is 9.59 Å². The Bertz CT molecular complexity index is 516. The van der Waals surface area contributed by atoms with E-state index in [1.54, 1.807) is 23.4 Å². The molecule has 2 N–H and O–H groups in total. The number of aromatic nitrogens is 1. The normalized spacial score (nSPS) is 15.8. The zero-order valence-corrected chi connectivity index (χ0v) is 12.8. The minimum absolute atomic E-state index is 0.0690. The molecule has 0 atom stereocenters. The summed E-state index contributed by atoms with van der Waals surface area (Å²) in [6.07, 6.45) is 4.57. The SMILES string of the molecule is COC(=O)C1CCN(C(=O)CSc2ccncc2N)CC1. The summed E-state index contributed by atoms with van der Waals surface area (Å²) in [5.74, 6) is 0.153. The van der Waals surface area contributed by atoms with Gasteiger partial charge in [0.25, 0.3) is 0 Å². The zero-order valence-electron chi connectivity index (χ0n) is 11.9. The number of likely N-dealkylation sites (tertiary alicyclic amines) is 1. The molecule has 0 radical (unpaired) electrons. The second-order valence-electron chi connectivity index (χ2n) is 4.88. The molecule has 0 aliphatic carbocycles. The molecule has 1 aromatic rings. The van der Waals surface area contributed by atoms with Gasteiger partial charge in [-0.25, -0.2) is 0 Å². The number of ether oxygens (including phenoxy) is 1. The number of anilines is 1. The van der Waals surface area contributed by atoms with Crippen LogP contribution in [-0.4, -0.2) is 47.7 Å². The molecule has 1 fully saturated rings. The Hall–Kier alpha value is -1.76. The summed E-state index contributed by atoms with van der Waals surface area (Å²) >= 11 is 1.41. The van der Waals surface area contributed by atoms with Crippen LogP contribution in [0.1, 0.15) is 12.8 Å². The van der Waals surface area contributed by atoms with E-state index in [4.69, 9.17) is 10.5 Å². The third-order valence-electron chi connectivity index (χ3n) is 3.54. The molecule has 6 nitrogen and oxygen atoms in total. The summed E-state index contributed by atoms with van der Waals surface area (Å²) in [4.78, 5) is 30.2. The van der Waals surface area contributed by atoms with Crippen LogP contribution in [0, 0.1) is 5.92 Å². The van der Waals surface area contributed by atoms with E-state index in [1.807, 2.05) is 0 Å². The van der Waals surface area contributed by atoms with Gasteiger partial charge in [-0.2, -0.15) is 0 Å². The van der Waals surface area contributed by atoms with Gasteiger partial charge in [-0.3, -0.25) is 14.6 Å². The average molecular weight is 309 g/mol. The van der Waals surface area contributed by atoms with Crippen LogP contribution in [-0.2, 0) is 14.3 Å². The van der Waals surface area contributed by atoms with Crippen molar-refractivity contribution in [1.29, 1.82) is 0 Å². The highest BCUT2D eigenvalue weighted by Crippen LogP contribution is 2.25. The highest BCUT2D eigenvalue weighted by atomic mass is 32.2. The molecule has 21 heavy (non-hydrogen) atoms. The molecule has 0 aromatic carbocycles. The van der Waals surface area contributed by atoms with Gasteiger partial charge >= 0.3 is 5.97 Å². The second-order valence-corrected chi connectivity index (χ2v) is 5.90. The number of amides is 1. The first-order chi connectivity index (χ1) is 10.1. The molecule has 114 valence electrons. The van der Waals surface area contributed by atoms with Gasteiger partial charge in [0.1, 0.15) is 0 Å². The molecule has 1 aliphatic heterocycles. The number of nitrogens with two attached hydrogens (primary N) is 1. The summed E-state index contributed by atoms with van der Waals surface area (Å²) in [7, 11) is 1.40. The van der Waals surface area contributed by atoms with Gasteiger partial charge in [0.05, 0.1) is 30.7 Å². The molecule has 0 spiro atoms. The molecule has 0 unspecified atom stereocenters. The number of esters is 1. The summed E-state index contributed by atoms with van der Waals surface area (Å²) in [5, 5.41) is 0. The van der Waals surface area contributed by atoms with Crippen LogP contribution in [0.4, 0.5) is 5.69 Å². The zero-order chi connectivity index (χ0) is 15.2. The molecule has 1 amide bonds. The van der Waals surface area contributed by atoms with Gasteiger partial charge in [0, 0.05) is 24.2 Å².